The number of hydrogen-bond acceptors (Lipinski definition) is 6. The fraction of sp³-hybridized carbons (Fsp3) is 0.269. The average Bonchev–Trinajstić information content (AvgIpc) is 2.85. The minimum atomic E-state index is -1.32. The van der Waals surface area contributed by atoms with Crippen LogP contribution in [0.1, 0.15) is 46.9 Å². The van der Waals surface area contributed by atoms with E-state index < -0.39 is 29.7 Å². The number of esters is 1. The predicted octanol–water partition coefficient (Wildman–Crippen LogP) is 3.77. The second-order valence-electron chi connectivity index (χ2n) is 7.90. The first kappa shape index (κ1) is 24.6. The van der Waals surface area contributed by atoms with E-state index in [1.165, 1.54) is 12.3 Å². The third-order valence-corrected chi connectivity index (χ3v) is 5.28. The van der Waals surface area contributed by atoms with Crippen LogP contribution in [0.4, 0.5) is 0 Å². The monoisotopic (exact) mass is 461 g/mol. The summed E-state index contributed by atoms with van der Waals surface area (Å²) in [4.78, 5) is 43.6. The van der Waals surface area contributed by atoms with Gasteiger partial charge in [0.15, 0.2) is 0 Å². The number of carboxylic acid groups (broad SMARTS) is 1. The lowest BCUT2D eigenvalue weighted by Crippen LogP contribution is -2.39. The van der Waals surface area contributed by atoms with Crippen molar-refractivity contribution < 1.29 is 24.2 Å². The molecule has 8 heteroatoms. The molecule has 1 amide bonds. The molecular formula is C26H27N3O5. The minimum Gasteiger partial charge on any atom is -0.475 e. The first-order valence-corrected chi connectivity index (χ1v) is 11.1. The quantitative estimate of drug-likeness (QED) is 0.441. The van der Waals surface area contributed by atoms with Crippen molar-refractivity contribution in [1.29, 1.82) is 0 Å². The molecular weight excluding hydrogens is 434 g/mol. The molecule has 2 N–H and O–H groups in total. The van der Waals surface area contributed by atoms with Gasteiger partial charge < -0.3 is 15.2 Å². The molecule has 2 aromatic carbocycles. The number of benzene rings is 2. The smallest absolute Gasteiger partial charge is 0.373 e. The molecule has 3 rings (SSSR count). The molecule has 0 bridgehead atoms. The molecule has 2 unspecified atom stereocenters. The molecule has 176 valence electrons. The van der Waals surface area contributed by atoms with E-state index in [-0.39, 0.29) is 18.3 Å². The van der Waals surface area contributed by atoms with Crippen molar-refractivity contribution in [1.82, 2.24) is 15.3 Å². The van der Waals surface area contributed by atoms with Crippen molar-refractivity contribution >= 4 is 17.8 Å². The van der Waals surface area contributed by atoms with Crippen molar-refractivity contribution in [3.05, 3.63) is 83.9 Å². The van der Waals surface area contributed by atoms with Gasteiger partial charge >= 0.3 is 11.9 Å². The highest BCUT2D eigenvalue weighted by Gasteiger charge is 2.23. The second kappa shape index (κ2) is 11.7. The van der Waals surface area contributed by atoms with Crippen LogP contribution >= 0.6 is 0 Å². The summed E-state index contributed by atoms with van der Waals surface area (Å²) in [6, 6.07) is 18.9. The Morgan fingerprint density at radius 2 is 1.68 bits per heavy atom. The molecule has 0 fully saturated rings. The van der Waals surface area contributed by atoms with Gasteiger partial charge in [-0.15, -0.1) is 0 Å². The number of carbonyl (C=O) groups is 3. The average molecular weight is 462 g/mol. The summed E-state index contributed by atoms with van der Waals surface area (Å²) in [6.07, 6.45) is 2.05. The molecule has 8 nitrogen and oxygen atoms in total. The van der Waals surface area contributed by atoms with E-state index in [0.717, 1.165) is 16.7 Å². The van der Waals surface area contributed by atoms with Gasteiger partial charge in [-0.25, -0.2) is 14.8 Å². The first-order valence-electron chi connectivity index (χ1n) is 11.1. The summed E-state index contributed by atoms with van der Waals surface area (Å²) >= 11 is 0. The van der Waals surface area contributed by atoms with Crippen LogP contribution in [-0.4, -0.2) is 45.6 Å². The zero-order valence-electron chi connectivity index (χ0n) is 19.1. The van der Waals surface area contributed by atoms with Crippen LogP contribution in [0.15, 0.2) is 66.9 Å². The van der Waals surface area contributed by atoms with Gasteiger partial charge in [0.2, 0.25) is 5.82 Å². The highest BCUT2D eigenvalue weighted by molar-refractivity contribution is 5.93. The Labute approximate surface area is 198 Å². The minimum absolute atomic E-state index is 0.0550. The van der Waals surface area contributed by atoms with Crippen molar-refractivity contribution in [2.24, 2.45) is 5.92 Å². The van der Waals surface area contributed by atoms with Crippen molar-refractivity contribution in [2.75, 3.05) is 6.61 Å². The lowest BCUT2D eigenvalue weighted by atomic mass is 9.94. The van der Waals surface area contributed by atoms with Crippen LogP contribution < -0.4 is 5.32 Å². The maximum Gasteiger partial charge on any atom is 0.373 e. The highest BCUT2D eigenvalue weighted by atomic mass is 16.5. The molecule has 2 atom stereocenters. The van der Waals surface area contributed by atoms with Gasteiger partial charge in [0, 0.05) is 12.2 Å². The maximum atomic E-state index is 12.8. The van der Waals surface area contributed by atoms with Gasteiger partial charge in [-0.1, -0.05) is 61.5 Å². The molecule has 3 aromatic rings. The summed E-state index contributed by atoms with van der Waals surface area (Å²) in [5.41, 5.74) is 3.11. The number of rotatable bonds is 10. The van der Waals surface area contributed by atoms with Crippen LogP contribution in [0.3, 0.4) is 0 Å². The Hall–Kier alpha value is -4.07. The van der Waals surface area contributed by atoms with Gasteiger partial charge in [0.1, 0.15) is 5.69 Å². The van der Waals surface area contributed by atoms with E-state index >= 15 is 0 Å². The van der Waals surface area contributed by atoms with Crippen LogP contribution in [0.2, 0.25) is 0 Å². The summed E-state index contributed by atoms with van der Waals surface area (Å²) in [5.74, 6) is -3.08. The number of carbonyl (C=O) groups excluding carboxylic acids is 2. The normalized spacial score (nSPS) is 12.4. The molecule has 0 spiro atoms. The zero-order chi connectivity index (χ0) is 24.5. The third-order valence-electron chi connectivity index (χ3n) is 5.28. The fourth-order valence-corrected chi connectivity index (χ4v) is 3.60. The van der Waals surface area contributed by atoms with Crippen molar-refractivity contribution in [3.8, 4) is 11.1 Å². The molecule has 1 aromatic heterocycles. The van der Waals surface area contributed by atoms with Crippen molar-refractivity contribution in [2.45, 2.75) is 32.7 Å². The predicted molar refractivity (Wildman–Crippen MR) is 126 cm³/mol. The summed E-state index contributed by atoms with van der Waals surface area (Å²) in [7, 11) is 0. The molecule has 0 aliphatic heterocycles. The van der Waals surface area contributed by atoms with Crippen LogP contribution in [0.25, 0.3) is 11.1 Å². The number of nitrogens with one attached hydrogen (secondary N) is 1. The number of hydrogen-bond donors (Lipinski definition) is 2. The summed E-state index contributed by atoms with van der Waals surface area (Å²) in [6.45, 7) is 3.77. The Morgan fingerprint density at radius 1 is 1.00 bits per heavy atom. The maximum absolute atomic E-state index is 12.8. The van der Waals surface area contributed by atoms with E-state index in [9.17, 15) is 14.4 Å². The topological polar surface area (TPSA) is 118 Å². The molecule has 1 heterocycles. The Morgan fingerprint density at radius 3 is 2.32 bits per heavy atom. The van der Waals surface area contributed by atoms with Crippen LogP contribution in [0.5, 0.6) is 0 Å². The molecule has 0 aliphatic rings. The highest BCUT2D eigenvalue weighted by Crippen LogP contribution is 2.21. The van der Waals surface area contributed by atoms with E-state index in [1.807, 2.05) is 54.6 Å². The number of ether oxygens (including phenoxy) is 1. The lowest BCUT2D eigenvalue weighted by Gasteiger charge is -2.22. The number of nitrogens with zero attached hydrogens (tertiary/aromatic N) is 2. The van der Waals surface area contributed by atoms with Gasteiger partial charge in [-0.2, -0.15) is 0 Å². The largest absolute Gasteiger partial charge is 0.475 e. The van der Waals surface area contributed by atoms with Crippen LogP contribution in [-0.2, 0) is 16.0 Å². The number of amides is 1. The van der Waals surface area contributed by atoms with E-state index in [1.54, 1.807) is 13.8 Å². The SMILES string of the molecule is CCOC(=O)C(C)CC(Cc1ccc(-c2ccccc2)cc1)NC(=O)c1ccnc(C(=O)O)n1. The Balaban J connectivity index is 1.77. The van der Waals surface area contributed by atoms with E-state index in [2.05, 4.69) is 15.3 Å². The first-order chi connectivity index (χ1) is 16.4. The van der Waals surface area contributed by atoms with E-state index in [4.69, 9.17) is 9.84 Å². The molecule has 0 aliphatic carbocycles. The number of carboxylic acids is 1. The van der Waals surface area contributed by atoms with Crippen molar-refractivity contribution in [3.63, 3.8) is 0 Å². The van der Waals surface area contributed by atoms with Gasteiger partial charge in [0.05, 0.1) is 12.5 Å². The third kappa shape index (κ3) is 6.71. The summed E-state index contributed by atoms with van der Waals surface area (Å²) < 4.78 is 5.11. The molecule has 0 saturated heterocycles. The Bertz CT molecular complexity index is 1130. The Kier molecular flexibility index (Phi) is 8.45. The fourth-order valence-electron chi connectivity index (χ4n) is 3.60. The molecule has 0 radical (unpaired) electrons. The lowest BCUT2D eigenvalue weighted by molar-refractivity contribution is -0.147. The standard InChI is InChI=1S/C26H27N3O5/c1-3-34-26(33)17(2)15-21(28-24(30)22-13-14-27-23(29-22)25(31)32)16-18-9-11-20(12-10-18)19-7-5-4-6-8-19/h4-14,17,21H,3,15-16H2,1-2H3,(H,28,30)(H,31,32). The summed E-state index contributed by atoms with van der Waals surface area (Å²) in [5, 5.41) is 12.0. The van der Waals surface area contributed by atoms with Crippen LogP contribution in [0, 0.1) is 5.92 Å². The zero-order valence-corrected chi connectivity index (χ0v) is 19.1. The van der Waals surface area contributed by atoms with E-state index in [0.29, 0.717) is 12.8 Å². The van der Waals surface area contributed by atoms with Gasteiger partial charge in [0.25, 0.3) is 5.91 Å². The second-order valence-corrected chi connectivity index (χ2v) is 7.90. The van der Waals surface area contributed by atoms with Gasteiger partial charge in [-0.3, -0.25) is 9.59 Å². The number of aromatic nitrogens is 2. The van der Waals surface area contributed by atoms with Gasteiger partial charge in [-0.05, 0) is 42.5 Å². The number of aromatic carboxylic acids is 1. The molecule has 0 saturated carbocycles. The molecule has 34 heavy (non-hydrogen) atoms.